The van der Waals surface area contributed by atoms with Gasteiger partial charge in [0.05, 0.1) is 16.6 Å². The number of fused-ring (bicyclic) bond motifs is 26. The average Bonchev–Trinajstić information content (AvgIpc) is 2.15. The molecule has 0 unspecified atom stereocenters. The Morgan fingerprint density at radius 2 is 0.476 bits per heavy atom. The number of hydrogen-bond donors (Lipinski definition) is 0. The SMILES string of the molecule is c1ccc(S(c2ccccc2)(c2ccccc2)c2cc3c4cc5ccc6c(c5cc4n4c5cc7c8c(ccc7cc5c(c2)c34)-c2ccccc2-c2ccccc2-c2ccccc2-8)-c2ccccc2-c2ccccc2-c2ccccc2-6)cc1. The highest BCUT2D eigenvalue weighted by Crippen LogP contribution is 2.74. The second kappa shape index (κ2) is 17.4. The number of benzene rings is 14. The normalized spacial score (nSPS) is 12.6. The summed E-state index contributed by atoms with van der Waals surface area (Å²) < 4.78 is 2.65. The van der Waals surface area contributed by atoms with E-state index in [-0.39, 0.29) is 0 Å². The van der Waals surface area contributed by atoms with Crippen LogP contribution < -0.4 is 0 Å². The van der Waals surface area contributed by atoms with E-state index in [0.29, 0.717) is 0 Å². The molecule has 0 bridgehead atoms. The first-order chi connectivity index (χ1) is 40.7. The van der Waals surface area contributed by atoms with E-state index in [9.17, 15) is 0 Å². The van der Waals surface area contributed by atoms with Crippen molar-refractivity contribution in [2.45, 2.75) is 19.6 Å². The van der Waals surface area contributed by atoms with Crippen LogP contribution in [0.1, 0.15) is 0 Å². The number of aromatic nitrogens is 1. The Labute approximate surface area is 476 Å². The van der Waals surface area contributed by atoms with E-state index in [1.54, 1.807) is 0 Å². The van der Waals surface area contributed by atoms with Crippen LogP contribution in [0.25, 0.3) is 149 Å². The Morgan fingerprint density at radius 3 is 0.805 bits per heavy atom. The van der Waals surface area contributed by atoms with E-state index in [4.69, 9.17) is 0 Å². The van der Waals surface area contributed by atoms with Crippen molar-refractivity contribution in [3.63, 3.8) is 0 Å². The lowest BCUT2D eigenvalue weighted by Gasteiger charge is -2.42. The standard InChI is InChI=1S/C80H49NS/c1-4-22-52(23-5-1)82(53-24-6-2-7-25-53,54-26-8-3-9-27-54)55-46-74-72-44-50-40-42-68-64-36-16-14-32-60(64)56-28-10-12-30-58(56)62-34-18-20-38-66(62)78(68)70(50)48-76(72)81-77-49-71-51(45-73(77)75(47-55)80(74)81)41-43-69-65-37-17-15-33-61(65)57-29-11-13-31-59(57)63-35-19-21-39-67(63)79(69)71/h1-49H. The quantitative estimate of drug-likeness (QED) is 0.165. The second-order valence-electron chi connectivity index (χ2n) is 22.2. The van der Waals surface area contributed by atoms with Gasteiger partial charge in [-0.15, -0.1) is 10.0 Å². The maximum atomic E-state index is 2.65. The maximum absolute atomic E-state index is 2.65. The summed E-state index contributed by atoms with van der Waals surface area (Å²) in [4.78, 5) is 5.24. The smallest absolute Gasteiger partial charge is 0.0621 e. The topological polar surface area (TPSA) is 4.41 Å². The summed E-state index contributed by atoms with van der Waals surface area (Å²) in [6, 6.07) is 113. The molecule has 2 aliphatic carbocycles. The molecule has 2 heteroatoms. The van der Waals surface area contributed by atoms with Crippen LogP contribution in [0, 0.1) is 0 Å². The molecule has 0 spiro atoms. The van der Waals surface area contributed by atoms with Gasteiger partial charge in [-0.1, -0.05) is 224 Å². The zero-order valence-corrected chi connectivity index (χ0v) is 45.5. The van der Waals surface area contributed by atoms with Crippen LogP contribution in [0.15, 0.2) is 317 Å². The average molecular weight is 1060 g/mol. The molecule has 0 fully saturated rings. The first kappa shape index (κ1) is 45.6. The Hall–Kier alpha value is -10.3. The molecule has 0 aliphatic heterocycles. The lowest BCUT2D eigenvalue weighted by molar-refractivity contribution is 1.25. The van der Waals surface area contributed by atoms with Crippen LogP contribution >= 0.6 is 10.0 Å². The highest BCUT2D eigenvalue weighted by Gasteiger charge is 2.36. The minimum absolute atomic E-state index is 1.21. The zero-order valence-electron chi connectivity index (χ0n) is 44.6. The summed E-state index contributed by atoms with van der Waals surface area (Å²) in [5.74, 6) is 0. The van der Waals surface area contributed by atoms with Gasteiger partial charge in [-0.05, 0) is 183 Å². The van der Waals surface area contributed by atoms with E-state index in [1.807, 2.05) is 0 Å². The lowest BCUT2D eigenvalue weighted by atomic mass is 9.79. The predicted octanol–water partition coefficient (Wildman–Crippen LogP) is 22.4. The Kier molecular flexibility index (Phi) is 9.66. The summed E-state index contributed by atoms with van der Waals surface area (Å²) in [5, 5.41) is 9.97. The number of rotatable bonds is 4. The molecule has 0 saturated heterocycles. The monoisotopic (exact) mass is 1060 g/mol. The zero-order chi connectivity index (χ0) is 53.6. The van der Waals surface area contributed by atoms with Crippen molar-refractivity contribution in [2.24, 2.45) is 0 Å². The molecule has 0 atom stereocenters. The Balaban J connectivity index is 1.02. The van der Waals surface area contributed by atoms with Gasteiger partial charge in [0.2, 0.25) is 0 Å². The van der Waals surface area contributed by atoms with Crippen LogP contribution in [0.3, 0.4) is 0 Å². The number of hydrogen-bond acceptors (Lipinski definition) is 0. The van der Waals surface area contributed by atoms with E-state index in [1.165, 1.54) is 168 Å². The predicted molar refractivity (Wildman–Crippen MR) is 347 cm³/mol. The third-order valence-corrected chi connectivity index (χ3v) is 22.0. The lowest BCUT2D eigenvalue weighted by Crippen LogP contribution is -2.05. The van der Waals surface area contributed by atoms with Crippen molar-refractivity contribution in [1.82, 2.24) is 4.40 Å². The van der Waals surface area contributed by atoms with E-state index in [0.717, 1.165) is 0 Å². The van der Waals surface area contributed by atoms with Gasteiger partial charge in [0, 0.05) is 41.1 Å². The van der Waals surface area contributed by atoms with Gasteiger partial charge in [-0.3, -0.25) is 0 Å². The molecule has 2 aromatic heterocycles. The van der Waals surface area contributed by atoms with Crippen molar-refractivity contribution in [3.8, 4) is 89.0 Å². The van der Waals surface area contributed by atoms with Crippen molar-refractivity contribution in [3.05, 3.63) is 297 Å². The minimum Gasteiger partial charge on any atom is -0.308 e. The van der Waals surface area contributed by atoms with Crippen molar-refractivity contribution < 1.29 is 0 Å². The molecule has 18 rings (SSSR count). The molecule has 0 amide bonds. The summed E-state index contributed by atoms with van der Waals surface area (Å²) in [6.07, 6.45) is 0. The van der Waals surface area contributed by atoms with E-state index in [2.05, 4.69) is 302 Å². The van der Waals surface area contributed by atoms with Crippen LogP contribution in [-0.4, -0.2) is 4.40 Å². The molecule has 2 aliphatic rings. The Morgan fingerprint density at radius 1 is 0.195 bits per heavy atom. The van der Waals surface area contributed by atoms with Gasteiger partial charge in [-0.25, -0.2) is 0 Å². The molecule has 0 radical (unpaired) electrons. The molecule has 16 aromatic rings. The van der Waals surface area contributed by atoms with Gasteiger partial charge >= 0.3 is 0 Å². The molecule has 2 heterocycles. The molecule has 0 saturated carbocycles. The van der Waals surface area contributed by atoms with E-state index < -0.39 is 10.0 Å². The maximum Gasteiger partial charge on any atom is 0.0621 e. The van der Waals surface area contributed by atoms with Crippen LogP contribution in [-0.2, 0) is 0 Å². The molecule has 14 aromatic carbocycles. The fourth-order valence-electron chi connectivity index (χ4n) is 14.7. The molecule has 380 valence electrons. The minimum atomic E-state index is -2.07. The fourth-order valence-corrected chi connectivity index (χ4v) is 18.7. The summed E-state index contributed by atoms with van der Waals surface area (Å²) in [7, 11) is -2.07. The third-order valence-electron chi connectivity index (χ3n) is 18.1. The van der Waals surface area contributed by atoms with Crippen molar-refractivity contribution >= 4 is 69.7 Å². The van der Waals surface area contributed by atoms with Gasteiger partial charge in [-0.2, -0.15) is 0 Å². The van der Waals surface area contributed by atoms with Crippen LogP contribution in [0.5, 0.6) is 0 Å². The number of nitrogens with zero attached hydrogens (tertiary/aromatic N) is 1. The molecular weight excluding hydrogens is 1010 g/mol. The fraction of sp³-hybridized carbons (Fsp3) is 0. The molecule has 0 N–H and O–H groups in total. The van der Waals surface area contributed by atoms with Crippen molar-refractivity contribution in [2.75, 3.05) is 0 Å². The van der Waals surface area contributed by atoms with Crippen LogP contribution in [0.2, 0.25) is 0 Å². The van der Waals surface area contributed by atoms with Gasteiger partial charge in [0.25, 0.3) is 0 Å². The van der Waals surface area contributed by atoms with Gasteiger partial charge in [0.15, 0.2) is 0 Å². The summed E-state index contributed by atoms with van der Waals surface area (Å²) >= 11 is 0. The van der Waals surface area contributed by atoms with Crippen LogP contribution in [0.4, 0.5) is 0 Å². The first-order valence-electron chi connectivity index (χ1n) is 28.5. The van der Waals surface area contributed by atoms with Gasteiger partial charge < -0.3 is 4.40 Å². The van der Waals surface area contributed by atoms with E-state index >= 15 is 0 Å². The molecule has 1 nitrogen and oxygen atoms in total. The first-order valence-corrected chi connectivity index (χ1v) is 30.1. The van der Waals surface area contributed by atoms with Crippen molar-refractivity contribution in [1.29, 1.82) is 0 Å². The second-order valence-corrected chi connectivity index (χ2v) is 25.3. The highest BCUT2D eigenvalue weighted by molar-refractivity contribution is 8.34. The molecular formula is C80H49NS. The molecule has 82 heavy (non-hydrogen) atoms. The Bertz CT molecular complexity index is 4950. The third kappa shape index (κ3) is 6.25. The highest BCUT2D eigenvalue weighted by atomic mass is 32.3. The van der Waals surface area contributed by atoms with Gasteiger partial charge in [0.1, 0.15) is 0 Å². The summed E-state index contributed by atoms with van der Waals surface area (Å²) in [5.41, 5.74) is 23.7. The largest absolute Gasteiger partial charge is 0.308 e. The summed E-state index contributed by atoms with van der Waals surface area (Å²) in [6.45, 7) is 0.